The molecule has 0 saturated carbocycles. The van der Waals surface area contributed by atoms with Gasteiger partial charge in [-0.25, -0.2) is 5.43 Å². The Bertz CT molecular complexity index is 1610. The highest BCUT2D eigenvalue weighted by Gasteiger charge is 2.19. The summed E-state index contributed by atoms with van der Waals surface area (Å²) in [4.78, 5) is 16.0. The lowest BCUT2D eigenvalue weighted by Crippen LogP contribution is -2.20. The number of fused-ring (bicyclic) bond motifs is 1. The lowest BCUT2D eigenvalue weighted by molar-refractivity contribution is -0.118. The van der Waals surface area contributed by atoms with E-state index in [0.717, 1.165) is 33.4 Å². The molecule has 9 nitrogen and oxygen atoms in total. The average molecular weight is 527 g/mol. The zero-order chi connectivity index (χ0) is 26.5. The van der Waals surface area contributed by atoms with E-state index in [-0.39, 0.29) is 11.7 Å². The standard InChI is InChI=1S/C28H26N6O3S/c1-18-22(21-11-7-8-12-23(21)30-18)16-29-31-26(35)17-38-28-33-32-27(34(28)20-9-5-4-6-10-20)19-13-14-24(36-2)25(15-19)37-3/h4-16,30H,17H2,1-3H3,(H,31,35). The summed E-state index contributed by atoms with van der Waals surface area (Å²) in [6, 6.07) is 23.3. The summed E-state index contributed by atoms with van der Waals surface area (Å²) in [5.74, 6) is 1.69. The Balaban J connectivity index is 1.35. The maximum Gasteiger partial charge on any atom is 0.250 e. The molecule has 0 saturated heterocycles. The van der Waals surface area contributed by atoms with E-state index in [1.807, 2.05) is 84.3 Å². The van der Waals surface area contributed by atoms with Crippen LogP contribution in [-0.2, 0) is 4.79 Å². The Kier molecular flexibility index (Phi) is 7.41. The van der Waals surface area contributed by atoms with Crippen LogP contribution in [0.5, 0.6) is 11.5 Å². The monoisotopic (exact) mass is 526 g/mol. The van der Waals surface area contributed by atoms with Crippen molar-refractivity contribution in [3.05, 3.63) is 84.1 Å². The first-order valence-electron chi connectivity index (χ1n) is 11.8. The summed E-state index contributed by atoms with van der Waals surface area (Å²) in [5.41, 5.74) is 7.24. The number of hydrazone groups is 1. The van der Waals surface area contributed by atoms with E-state index in [9.17, 15) is 4.79 Å². The van der Waals surface area contributed by atoms with Gasteiger partial charge in [0.25, 0.3) is 5.91 Å². The summed E-state index contributed by atoms with van der Waals surface area (Å²) in [6.45, 7) is 1.98. The van der Waals surface area contributed by atoms with Crippen LogP contribution in [0, 0.1) is 6.92 Å². The predicted octanol–water partition coefficient (Wildman–Crippen LogP) is 4.98. The van der Waals surface area contributed by atoms with Crippen molar-refractivity contribution in [3.63, 3.8) is 0 Å². The van der Waals surface area contributed by atoms with Gasteiger partial charge in [-0.1, -0.05) is 48.2 Å². The highest BCUT2D eigenvalue weighted by molar-refractivity contribution is 7.99. The number of rotatable bonds is 9. The summed E-state index contributed by atoms with van der Waals surface area (Å²) >= 11 is 1.28. The predicted molar refractivity (Wildman–Crippen MR) is 149 cm³/mol. The maximum absolute atomic E-state index is 12.6. The third kappa shape index (κ3) is 5.12. The molecule has 0 unspecified atom stereocenters. The van der Waals surface area contributed by atoms with E-state index in [4.69, 9.17) is 9.47 Å². The summed E-state index contributed by atoms with van der Waals surface area (Å²) in [6.07, 6.45) is 1.67. The number of aryl methyl sites for hydroxylation is 1. The highest BCUT2D eigenvalue weighted by atomic mass is 32.2. The summed E-state index contributed by atoms with van der Waals surface area (Å²) in [5, 5.41) is 14.6. The summed E-state index contributed by atoms with van der Waals surface area (Å²) < 4.78 is 12.7. The quantitative estimate of drug-likeness (QED) is 0.159. The molecule has 0 spiro atoms. The Morgan fingerprint density at radius 3 is 2.58 bits per heavy atom. The Labute approximate surface area is 223 Å². The number of methoxy groups -OCH3 is 2. The number of nitrogens with one attached hydrogen (secondary N) is 2. The molecule has 5 aromatic rings. The molecule has 2 aromatic heterocycles. The van der Waals surface area contributed by atoms with E-state index in [2.05, 4.69) is 25.7 Å². The lowest BCUT2D eigenvalue weighted by atomic mass is 10.1. The van der Waals surface area contributed by atoms with E-state index >= 15 is 0 Å². The number of hydrogen-bond donors (Lipinski definition) is 2. The van der Waals surface area contributed by atoms with Crippen molar-refractivity contribution in [1.29, 1.82) is 0 Å². The van der Waals surface area contributed by atoms with Crippen LogP contribution < -0.4 is 14.9 Å². The molecule has 0 radical (unpaired) electrons. The zero-order valence-corrected chi connectivity index (χ0v) is 22.0. The third-order valence-corrected chi connectivity index (χ3v) is 6.88. The number of aromatic nitrogens is 4. The van der Waals surface area contributed by atoms with Crippen molar-refractivity contribution in [2.75, 3.05) is 20.0 Å². The van der Waals surface area contributed by atoms with Gasteiger partial charge in [0.05, 0.1) is 26.2 Å². The molecule has 38 heavy (non-hydrogen) atoms. The second-order valence-corrected chi connectivity index (χ2v) is 9.28. The topological polar surface area (TPSA) is 106 Å². The fourth-order valence-electron chi connectivity index (χ4n) is 4.13. The number of benzene rings is 3. The van der Waals surface area contributed by atoms with Crippen LogP contribution in [0.25, 0.3) is 28.0 Å². The van der Waals surface area contributed by atoms with Crippen LogP contribution in [-0.4, -0.2) is 51.8 Å². The number of para-hydroxylation sites is 2. The second-order valence-electron chi connectivity index (χ2n) is 8.34. The first kappa shape index (κ1) is 25.1. The molecule has 0 aliphatic heterocycles. The molecule has 1 amide bonds. The molecule has 5 rings (SSSR count). The van der Waals surface area contributed by atoms with Crippen molar-refractivity contribution in [1.82, 2.24) is 25.2 Å². The molecular formula is C28H26N6O3S. The van der Waals surface area contributed by atoms with E-state index < -0.39 is 0 Å². The Morgan fingerprint density at radius 1 is 1.03 bits per heavy atom. The largest absolute Gasteiger partial charge is 0.493 e. The fraction of sp³-hybridized carbons (Fsp3) is 0.143. The van der Waals surface area contributed by atoms with Gasteiger partial charge < -0.3 is 14.5 Å². The van der Waals surface area contributed by atoms with Crippen LogP contribution in [0.3, 0.4) is 0 Å². The van der Waals surface area contributed by atoms with Gasteiger partial charge in [-0.2, -0.15) is 5.10 Å². The number of thioether (sulfide) groups is 1. The van der Waals surface area contributed by atoms with E-state index in [1.165, 1.54) is 11.8 Å². The van der Waals surface area contributed by atoms with Gasteiger partial charge in [0.15, 0.2) is 22.5 Å². The number of H-pyrrole nitrogens is 1. The van der Waals surface area contributed by atoms with Gasteiger partial charge in [0.1, 0.15) is 0 Å². The number of ether oxygens (including phenoxy) is 2. The third-order valence-electron chi connectivity index (χ3n) is 5.95. The van der Waals surface area contributed by atoms with Gasteiger partial charge in [0.2, 0.25) is 0 Å². The van der Waals surface area contributed by atoms with Crippen LogP contribution in [0.15, 0.2) is 83.1 Å². The number of carbonyl (C=O) groups is 1. The van der Waals surface area contributed by atoms with Crippen molar-refractivity contribution >= 4 is 34.8 Å². The van der Waals surface area contributed by atoms with Gasteiger partial charge >= 0.3 is 0 Å². The Hall–Kier alpha value is -4.57. The highest BCUT2D eigenvalue weighted by Crippen LogP contribution is 2.34. The molecule has 0 fully saturated rings. The normalized spacial score (nSPS) is 11.2. The molecule has 192 valence electrons. The zero-order valence-electron chi connectivity index (χ0n) is 21.1. The number of carbonyl (C=O) groups excluding carboxylic acids is 1. The molecule has 2 heterocycles. The minimum atomic E-state index is -0.251. The van der Waals surface area contributed by atoms with Gasteiger partial charge in [0, 0.05) is 33.4 Å². The molecule has 2 N–H and O–H groups in total. The number of amides is 1. The summed E-state index contributed by atoms with van der Waals surface area (Å²) in [7, 11) is 3.18. The maximum atomic E-state index is 12.6. The van der Waals surface area contributed by atoms with E-state index in [1.54, 1.807) is 20.4 Å². The molecule has 0 aliphatic carbocycles. The van der Waals surface area contributed by atoms with Gasteiger partial charge in [-0.3, -0.25) is 9.36 Å². The molecule has 0 atom stereocenters. The average Bonchev–Trinajstić information content (AvgIpc) is 3.52. The van der Waals surface area contributed by atoms with Crippen LogP contribution >= 0.6 is 11.8 Å². The second kappa shape index (κ2) is 11.2. The lowest BCUT2D eigenvalue weighted by Gasteiger charge is -2.12. The smallest absolute Gasteiger partial charge is 0.250 e. The van der Waals surface area contributed by atoms with Crippen molar-refractivity contribution in [2.24, 2.45) is 5.10 Å². The molecule has 3 aromatic carbocycles. The molecule has 10 heteroatoms. The first-order valence-corrected chi connectivity index (χ1v) is 12.8. The van der Waals surface area contributed by atoms with Crippen LogP contribution in [0.2, 0.25) is 0 Å². The minimum Gasteiger partial charge on any atom is -0.493 e. The van der Waals surface area contributed by atoms with Crippen molar-refractivity contribution < 1.29 is 14.3 Å². The molecular weight excluding hydrogens is 500 g/mol. The minimum absolute atomic E-state index is 0.112. The van der Waals surface area contributed by atoms with Gasteiger partial charge in [-0.15, -0.1) is 10.2 Å². The Morgan fingerprint density at radius 2 is 1.79 bits per heavy atom. The SMILES string of the molecule is COc1ccc(-c2nnc(SCC(=O)NN=Cc3c(C)[nH]c4ccccc34)n2-c2ccccc2)cc1OC. The fourth-order valence-corrected chi connectivity index (χ4v) is 4.88. The van der Waals surface area contributed by atoms with Crippen LogP contribution in [0.1, 0.15) is 11.3 Å². The first-order chi connectivity index (χ1) is 18.6. The van der Waals surface area contributed by atoms with Crippen molar-refractivity contribution in [2.45, 2.75) is 12.1 Å². The number of hydrogen-bond acceptors (Lipinski definition) is 7. The number of nitrogens with zero attached hydrogens (tertiary/aromatic N) is 4. The van der Waals surface area contributed by atoms with E-state index in [0.29, 0.717) is 22.5 Å². The van der Waals surface area contributed by atoms with Crippen molar-refractivity contribution in [3.8, 4) is 28.6 Å². The molecule has 0 aliphatic rings. The van der Waals surface area contributed by atoms with Gasteiger partial charge in [-0.05, 0) is 43.3 Å². The molecule has 0 bridgehead atoms. The number of aromatic amines is 1. The van der Waals surface area contributed by atoms with Crippen LogP contribution in [0.4, 0.5) is 0 Å².